The van der Waals surface area contributed by atoms with Gasteiger partial charge < -0.3 is 14.9 Å². The number of carbonyl (C=O) groups is 1. The number of amides is 1. The summed E-state index contributed by atoms with van der Waals surface area (Å²) in [6.45, 7) is 5.04. The van der Waals surface area contributed by atoms with Crippen molar-refractivity contribution in [2.45, 2.75) is 44.8 Å². The first-order valence-electron chi connectivity index (χ1n) is 5.70. The van der Waals surface area contributed by atoms with Crippen LogP contribution in [0.2, 0.25) is 0 Å². The molecule has 0 aromatic rings. The zero-order chi connectivity index (χ0) is 11.6. The third-order valence-corrected chi connectivity index (χ3v) is 2.91. The monoisotopic (exact) mass is 226 g/mol. The summed E-state index contributed by atoms with van der Waals surface area (Å²) in [5, 5.41) is 6.76. The summed E-state index contributed by atoms with van der Waals surface area (Å²) >= 11 is 0. The van der Waals surface area contributed by atoms with Crippen LogP contribution in [0.1, 0.15) is 33.1 Å². The minimum atomic E-state index is -0.391. The van der Waals surface area contributed by atoms with E-state index in [1.54, 1.807) is 0 Å². The molecule has 0 aliphatic carbocycles. The second kappa shape index (κ2) is 4.41. The Morgan fingerprint density at radius 3 is 3.06 bits per heavy atom. The first-order valence-corrected chi connectivity index (χ1v) is 5.70. The number of nitrogens with one attached hydrogen (secondary N) is 1. The Bertz CT molecular complexity index is 310. The van der Waals surface area contributed by atoms with Gasteiger partial charge in [0.1, 0.15) is 6.10 Å². The van der Waals surface area contributed by atoms with E-state index in [2.05, 4.69) is 10.5 Å². The van der Waals surface area contributed by atoms with Crippen molar-refractivity contribution in [2.75, 3.05) is 13.2 Å². The first kappa shape index (κ1) is 11.4. The van der Waals surface area contributed by atoms with Crippen LogP contribution in [0.4, 0.5) is 0 Å². The summed E-state index contributed by atoms with van der Waals surface area (Å²) in [6, 6.07) is 0. The molecule has 2 atom stereocenters. The maximum absolute atomic E-state index is 11.7. The van der Waals surface area contributed by atoms with Crippen molar-refractivity contribution in [1.82, 2.24) is 5.32 Å². The summed E-state index contributed by atoms with van der Waals surface area (Å²) in [4.78, 5) is 17.0. The highest BCUT2D eigenvalue weighted by molar-refractivity contribution is 5.84. The fourth-order valence-corrected chi connectivity index (χ4v) is 2.06. The van der Waals surface area contributed by atoms with E-state index in [4.69, 9.17) is 9.57 Å². The van der Waals surface area contributed by atoms with Crippen LogP contribution in [-0.2, 0) is 14.4 Å². The lowest BCUT2D eigenvalue weighted by Gasteiger charge is -2.22. The van der Waals surface area contributed by atoms with Gasteiger partial charge in [-0.15, -0.1) is 0 Å². The molecule has 2 heterocycles. The minimum absolute atomic E-state index is 0.0353. The van der Waals surface area contributed by atoms with Gasteiger partial charge in [0.15, 0.2) is 5.60 Å². The number of oxime groups is 1. The SMILES string of the molecule is CC1=NOC(C)(CNC(=O)C2CCCO2)C1. The van der Waals surface area contributed by atoms with Crippen molar-refractivity contribution in [3.8, 4) is 0 Å². The predicted octanol–water partition coefficient (Wildman–Crippen LogP) is 0.836. The fraction of sp³-hybridized carbons (Fsp3) is 0.818. The van der Waals surface area contributed by atoms with Crippen LogP contribution < -0.4 is 5.32 Å². The van der Waals surface area contributed by atoms with E-state index in [0.717, 1.165) is 25.0 Å². The van der Waals surface area contributed by atoms with Crippen molar-refractivity contribution in [2.24, 2.45) is 5.16 Å². The van der Waals surface area contributed by atoms with Crippen molar-refractivity contribution < 1.29 is 14.4 Å². The molecule has 2 aliphatic rings. The smallest absolute Gasteiger partial charge is 0.249 e. The molecule has 0 saturated carbocycles. The molecule has 5 heteroatoms. The number of hydrogen-bond donors (Lipinski definition) is 1. The van der Waals surface area contributed by atoms with Gasteiger partial charge in [-0.05, 0) is 26.7 Å². The topological polar surface area (TPSA) is 59.9 Å². The molecule has 1 amide bonds. The van der Waals surface area contributed by atoms with Gasteiger partial charge in [-0.2, -0.15) is 0 Å². The highest BCUT2D eigenvalue weighted by Gasteiger charge is 2.34. The summed E-state index contributed by atoms with van der Waals surface area (Å²) < 4.78 is 5.30. The van der Waals surface area contributed by atoms with Crippen LogP contribution >= 0.6 is 0 Å². The van der Waals surface area contributed by atoms with Gasteiger partial charge in [-0.3, -0.25) is 4.79 Å². The van der Waals surface area contributed by atoms with Gasteiger partial charge in [0.05, 0.1) is 12.3 Å². The minimum Gasteiger partial charge on any atom is -0.387 e. The van der Waals surface area contributed by atoms with Crippen LogP contribution in [0.15, 0.2) is 5.16 Å². The second-order valence-electron chi connectivity index (χ2n) is 4.76. The molecular weight excluding hydrogens is 208 g/mol. The van der Waals surface area contributed by atoms with Crippen LogP contribution in [-0.4, -0.2) is 36.5 Å². The Labute approximate surface area is 95.2 Å². The summed E-state index contributed by atoms with van der Waals surface area (Å²) in [5.41, 5.74) is 0.576. The number of hydrogen-bond acceptors (Lipinski definition) is 4. The van der Waals surface area contributed by atoms with Crippen molar-refractivity contribution >= 4 is 11.6 Å². The molecule has 90 valence electrons. The quantitative estimate of drug-likeness (QED) is 0.775. The van der Waals surface area contributed by atoms with Gasteiger partial charge in [0.2, 0.25) is 5.91 Å². The van der Waals surface area contributed by atoms with Crippen molar-refractivity contribution in [1.29, 1.82) is 0 Å². The number of ether oxygens (including phenoxy) is 1. The molecule has 2 rings (SSSR count). The van der Waals surface area contributed by atoms with E-state index in [-0.39, 0.29) is 12.0 Å². The standard InChI is InChI=1S/C11H18N2O3/c1-8-6-11(2,16-13-8)7-12-10(14)9-4-3-5-15-9/h9H,3-7H2,1-2H3,(H,12,14). The van der Waals surface area contributed by atoms with Crippen LogP contribution in [0.5, 0.6) is 0 Å². The summed E-state index contributed by atoms with van der Waals surface area (Å²) in [5.74, 6) is -0.0353. The molecule has 2 aliphatic heterocycles. The van der Waals surface area contributed by atoms with Gasteiger partial charge in [-0.1, -0.05) is 5.16 Å². The Balaban J connectivity index is 1.77. The molecule has 0 aromatic carbocycles. The van der Waals surface area contributed by atoms with Gasteiger partial charge in [0.25, 0.3) is 0 Å². The molecular formula is C11H18N2O3. The molecule has 0 bridgehead atoms. The molecule has 2 unspecified atom stereocenters. The third-order valence-electron chi connectivity index (χ3n) is 2.91. The molecule has 0 spiro atoms. The van der Waals surface area contributed by atoms with E-state index in [1.165, 1.54) is 0 Å². The number of carbonyl (C=O) groups excluding carboxylic acids is 1. The van der Waals surface area contributed by atoms with E-state index >= 15 is 0 Å². The average Bonchev–Trinajstić information content (AvgIpc) is 2.86. The molecule has 1 N–H and O–H groups in total. The van der Waals surface area contributed by atoms with Crippen LogP contribution in [0.25, 0.3) is 0 Å². The Morgan fingerprint density at radius 2 is 2.50 bits per heavy atom. The zero-order valence-electron chi connectivity index (χ0n) is 9.78. The number of nitrogens with zero attached hydrogens (tertiary/aromatic N) is 1. The maximum Gasteiger partial charge on any atom is 0.249 e. The molecule has 0 radical (unpaired) electrons. The van der Waals surface area contributed by atoms with Gasteiger partial charge in [-0.25, -0.2) is 0 Å². The van der Waals surface area contributed by atoms with E-state index in [0.29, 0.717) is 13.2 Å². The van der Waals surface area contributed by atoms with Crippen molar-refractivity contribution in [3.63, 3.8) is 0 Å². The third kappa shape index (κ3) is 2.52. The highest BCUT2D eigenvalue weighted by atomic mass is 16.7. The number of rotatable bonds is 3. The largest absolute Gasteiger partial charge is 0.387 e. The van der Waals surface area contributed by atoms with Gasteiger partial charge in [0, 0.05) is 13.0 Å². The van der Waals surface area contributed by atoms with E-state index in [1.807, 2.05) is 13.8 Å². The summed E-state index contributed by atoms with van der Waals surface area (Å²) in [7, 11) is 0. The Morgan fingerprint density at radius 1 is 1.69 bits per heavy atom. The highest BCUT2D eigenvalue weighted by Crippen LogP contribution is 2.22. The van der Waals surface area contributed by atoms with Gasteiger partial charge >= 0.3 is 0 Å². The average molecular weight is 226 g/mol. The predicted molar refractivity (Wildman–Crippen MR) is 59.2 cm³/mol. The molecule has 1 fully saturated rings. The van der Waals surface area contributed by atoms with Crippen LogP contribution in [0, 0.1) is 0 Å². The van der Waals surface area contributed by atoms with E-state index < -0.39 is 5.60 Å². The van der Waals surface area contributed by atoms with Crippen molar-refractivity contribution in [3.05, 3.63) is 0 Å². The Kier molecular flexibility index (Phi) is 3.14. The fourth-order valence-electron chi connectivity index (χ4n) is 2.06. The zero-order valence-corrected chi connectivity index (χ0v) is 9.78. The first-order chi connectivity index (χ1) is 7.59. The normalized spacial score (nSPS) is 33.4. The molecule has 5 nitrogen and oxygen atoms in total. The lowest BCUT2D eigenvalue weighted by Crippen LogP contribution is -2.44. The lowest BCUT2D eigenvalue weighted by atomic mass is 10.0. The Hall–Kier alpha value is -1.10. The summed E-state index contributed by atoms with van der Waals surface area (Å²) in [6.07, 6.45) is 2.28. The molecule has 1 saturated heterocycles. The van der Waals surface area contributed by atoms with Crippen LogP contribution in [0.3, 0.4) is 0 Å². The second-order valence-corrected chi connectivity index (χ2v) is 4.76. The molecule has 0 aromatic heterocycles. The van der Waals surface area contributed by atoms with E-state index in [9.17, 15) is 4.79 Å². The maximum atomic E-state index is 11.7. The molecule has 16 heavy (non-hydrogen) atoms. The lowest BCUT2D eigenvalue weighted by molar-refractivity contribution is -0.131.